The minimum Gasteiger partial charge on any atom is -0.319 e. The number of pyridine rings is 2. The second kappa shape index (κ2) is 7.56. The molecule has 1 atom stereocenters. The van der Waals surface area contributed by atoms with E-state index in [-0.39, 0.29) is 12.5 Å². The number of nitrogens with one attached hydrogen (secondary N) is 2. The molecule has 0 aromatic carbocycles. The zero-order valence-electron chi connectivity index (χ0n) is 14.9. The Bertz CT molecular complexity index is 1010. The van der Waals surface area contributed by atoms with Crippen LogP contribution >= 0.6 is 0 Å². The van der Waals surface area contributed by atoms with E-state index in [1.165, 1.54) is 6.42 Å². The first-order chi connectivity index (χ1) is 13.2. The number of rotatable bonds is 4. The normalized spacial score (nSPS) is 16.8. The highest BCUT2D eigenvalue weighted by atomic mass is 16.1. The van der Waals surface area contributed by atoms with Crippen LogP contribution in [0.15, 0.2) is 42.7 Å². The van der Waals surface area contributed by atoms with Crippen molar-refractivity contribution in [2.75, 3.05) is 25.0 Å². The molecule has 1 fully saturated rings. The lowest BCUT2D eigenvalue weighted by molar-refractivity contribution is -0.114. The molecule has 0 bridgehead atoms. The molecule has 4 rings (SSSR count). The largest absolute Gasteiger partial charge is 0.319 e. The van der Waals surface area contributed by atoms with E-state index in [1.807, 2.05) is 18.2 Å². The lowest BCUT2D eigenvalue weighted by atomic mass is 9.95. The number of aromatic nitrogens is 3. The summed E-state index contributed by atoms with van der Waals surface area (Å²) in [5.74, 6) is 0.115. The van der Waals surface area contributed by atoms with Gasteiger partial charge in [-0.15, -0.1) is 0 Å². The molecule has 1 aliphatic rings. The maximum absolute atomic E-state index is 11.7. The summed E-state index contributed by atoms with van der Waals surface area (Å²) in [6, 6.07) is 9.74. The van der Waals surface area contributed by atoms with Crippen LogP contribution in [0.25, 0.3) is 21.6 Å². The van der Waals surface area contributed by atoms with Crippen LogP contribution in [0.1, 0.15) is 24.5 Å². The van der Waals surface area contributed by atoms with Gasteiger partial charge >= 0.3 is 5.91 Å². The van der Waals surface area contributed by atoms with Crippen molar-refractivity contribution in [3.05, 3.63) is 59.8 Å². The van der Waals surface area contributed by atoms with Crippen LogP contribution in [0, 0.1) is 6.57 Å². The predicted octanol–water partition coefficient (Wildman–Crippen LogP) is 2.72. The predicted molar refractivity (Wildman–Crippen MR) is 103 cm³/mol. The fourth-order valence-electron chi connectivity index (χ4n) is 3.46. The number of piperidine rings is 1. The van der Waals surface area contributed by atoms with Crippen molar-refractivity contribution < 1.29 is 4.79 Å². The van der Waals surface area contributed by atoms with Gasteiger partial charge in [-0.05, 0) is 43.7 Å². The molecule has 1 aliphatic heterocycles. The summed E-state index contributed by atoms with van der Waals surface area (Å²) >= 11 is 0. The summed E-state index contributed by atoms with van der Waals surface area (Å²) in [6.07, 6.45) is 5.91. The van der Waals surface area contributed by atoms with E-state index in [9.17, 15) is 4.79 Å². The Morgan fingerprint density at radius 1 is 1.41 bits per heavy atom. The first-order valence-corrected chi connectivity index (χ1v) is 9.03. The molecule has 1 saturated heterocycles. The van der Waals surface area contributed by atoms with Crippen molar-refractivity contribution in [3.8, 4) is 11.3 Å². The number of hydrogen-bond donors (Lipinski definition) is 2. The maximum atomic E-state index is 11.7. The summed E-state index contributed by atoms with van der Waals surface area (Å²) in [7, 11) is 0. The second-order valence-electron chi connectivity index (χ2n) is 6.66. The molecular weight excluding hydrogens is 340 g/mol. The lowest BCUT2D eigenvalue weighted by Crippen LogP contribution is -2.28. The standard InChI is InChI=1S/C20H20N6O/c1-21-13-20(27)24-15-7-9-26-19(10-15)16(12-23-26)18-6-2-5-17(25-18)14-4-3-8-22-11-14/h2,5-7,9-10,12,14,22H,3-4,8,11,13H2,(H,24,27). The molecule has 0 saturated carbocycles. The van der Waals surface area contributed by atoms with Crippen molar-refractivity contribution >= 4 is 17.1 Å². The summed E-state index contributed by atoms with van der Waals surface area (Å²) in [5, 5.41) is 10.6. The van der Waals surface area contributed by atoms with Crippen LogP contribution in [0.3, 0.4) is 0 Å². The van der Waals surface area contributed by atoms with E-state index >= 15 is 0 Å². The van der Waals surface area contributed by atoms with Crippen molar-refractivity contribution in [2.24, 2.45) is 0 Å². The van der Waals surface area contributed by atoms with Crippen molar-refractivity contribution in [1.82, 2.24) is 19.9 Å². The number of amides is 1. The van der Waals surface area contributed by atoms with E-state index in [0.717, 1.165) is 42.0 Å². The van der Waals surface area contributed by atoms with Gasteiger partial charge in [0.25, 0.3) is 6.54 Å². The Morgan fingerprint density at radius 2 is 2.33 bits per heavy atom. The van der Waals surface area contributed by atoms with Gasteiger partial charge < -0.3 is 15.5 Å². The van der Waals surface area contributed by atoms with E-state index in [0.29, 0.717) is 11.6 Å². The van der Waals surface area contributed by atoms with Gasteiger partial charge in [0.05, 0.1) is 17.4 Å². The molecule has 1 amide bonds. The van der Waals surface area contributed by atoms with Crippen LogP contribution in [-0.4, -0.2) is 40.1 Å². The molecule has 0 aliphatic carbocycles. The molecule has 3 aromatic rings. The van der Waals surface area contributed by atoms with Crippen LogP contribution in [0.5, 0.6) is 0 Å². The second-order valence-corrected chi connectivity index (χ2v) is 6.66. The Labute approximate surface area is 157 Å². The first-order valence-electron chi connectivity index (χ1n) is 9.03. The summed E-state index contributed by atoms with van der Waals surface area (Å²) in [4.78, 5) is 19.7. The van der Waals surface area contributed by atoms with Gasteiger partial charge in [0, 0.05) is 35.6 Å². The van der Waals surface area contributed by atoms with E-state index in [4.69, 9.17) is 11.6 Å². The molecule has 7 heteroatoms. The van der Waals surface area contributed by atoms with Crippen molar-refractivity contribution in [1.29, 1.82) is 0 Å². The number of anilines is 1. The zero-order chi connectivity index (χ0) is 18.6. The van der Waals surface area contributed by atoms with E-state index in [1.54, 1.807) is 23.0 Å². The average molecular weight is 360 g/mol. The molecule has 3 aromatic heterocycles. The number of hydrogen-bond acceptors (Lipinski definition) is 4. The summed E-state index contributed by atoms with van der Waals surface area (Å²) in [6.45, 7) is 8.65. The third-order valence-electron chi connectivity index (χ3n) is 4.79. The molecule has 0 radical (unpaired) electrons. The Hall–Kier alpha value is -3.24. The van der Waals surface area contributed by atoms with E-state index in [2.05, 4.69) is 26.6 Å². The van der Waals surface area contributed by atoms with E-state index < -0.39 is 0 Å². The zero-order valence-corrected chi connectivity index (χ0v) is 14.9. The number of carbonyl (C=O) groups is 1. The first kappa shape index (κ1) is 17.2. The molecule has 2 N–H and O–H groups in total. The molecule has 4 heterocycles. The molecule has 7 nitrogen and oxygen atoms in total. The number of fused-ring (bicyclic) bond motifs is 1. The summed E-state index contributed by atoms with van der Waals surface area (Å²) < 4.78 is 1.76. The van der Waals surface area contributed by atoms with Gasteiger partial charge in [-0.25, -0.2) is 11.1 Å². The SMILES string of the molecule is [C-]#[N+]CC(=O)Nc1ccn2ncc(-c3cccc(C4CCCNC4)n3)c2c1. The van der Waals surface area contributed by atoms with Gasteiger partial charge in [-0.3, -0.25) is 9.78 Å². The molecule has 27 heavy (non-hydrogen) atoms. The fourth-order valence-corrected chi connectivity index (χ4v) is 3.46. The summed E-state index contributed by atoms with van der Waals surface area (Å²) in [5.41, 5.74) is 4.40. The van der Waals surface area contributed by atoms with Gasteiger partial charge in [-0.2, -0.15) is 5.10 Å². The van der Waals surface area contributed by atoms with Crippen molar-refractivity contribution in [3.63, 3.8) is 0 Å². The molecule has 0 spiro atoms. The van der Waals surface area contributed by atoms with Crippen LogP contribution in [0.4, 0.5) is 5.69 Å². The van der Waals surface area contributed by atoms with Crippen LogP contribution in [0.2, 0.25) is 0 Å². The minimum atomic E-state index is -0.319. The average Bonchev–Trinajstić information content (AvgIpc) is 3.12. The minimum absolute atomic E-state index is 0.184. The molecule has 1 unspecified atom stereocenters. The Kier molecular flexibility index (Phi) is 4.81. The van der Waals surface area contributed by atoms with Gasteiger partial charge in [0.1, 0.15) is 0 Å². The highest BCUT2D eigenvalue weighted by Crippen LogP contribution is 2.28. The highest BCUT2D eigenvalue weighted by molar-refractivity contribution is 5.94. The van der Waals surface area contributed by atoms with Gasteiger partial charge in [-0.1, -0.05) is 6.07 Å². The molecular formula is C20H20N6O. The Balaban J connectivity index is 1.67. The topological polar surface area (TPSA) is 75.7 Å². The van der Waals surface area contributed by atoms with Crippen LogP contribution < -0.4 is 10.6 Å². The smallest absolute Gasteiger partial charge is 0.304 e. The van der Waals surface area contributed by atoms with Gasteiger partial charge in [0.15, 0.2) is 0 Å². The van der Waals surface area contributed by atoms with Crippen LogP contribution in [-0.2, 0) is 4.79 Å². The molecule has 136 valence electrons. The monoisotopic (exact) mass is 360 g/mol. The highest BCUT2D eigenvalue weighted by Gasteiger charge is 2.18. The number of nitrogens with zero attached hydrogens (tertiary/aromatic N) is 4. The third-order valence-corrected chi connectivity index (χ3v) is 4.79. The third kappa shape index (κ3) is 3.66. The number of carbonyl (C=O) groups excluding carboxylic acids is 1. The Morgan fingerprint density at radius 3 is 3.15 bits per heavy atom. The fraction of sp³-hybridized carbons (Fsp3) is 0.300. The van der Waals surface area contributed by atoms with Gasteiger partial charge in [0.2, 0.25) is 0 Å². The maximum Gasteiger partial charge on any atom is 0.304 e. The lowest BCUT2D eigenvalue weighted by Gasteiger charge is -2.22. The van der Waals surface area contributed by atoms with Crippen molar-refractivity contribution in [2.45, 2.75) is 18.8 Å². The quantitative estimate of drug-likeness (QED) is 0.702.